The number of hydrogen-bond acceptors (Lipinski definition) is 4. The van der Waals surface area contributed by atoms with E-state index in [-0.39, 0.29) is 12.0 Å². The van der Waals surface area contributed by atoms with Crippen molar-refractivity contribution in [1.82, 2.24) is 4.98 Å². The lowest BCUT2D eigenvalue weighted by atomic mass is 10.1. The summed E-state index contributed by atoms with van der Waals surface area (Å²) in [4.78, 5) is 17.2. The number of nitrogens with one attached hydrogen (secondary N) is 1. The molecule has 1 aromatic heterocycles. The number of amides is 1. The Hall–Kier alpha value is -3.60. The highest BCUT2D eigenvalue weighted by Gasteiger charge is 2.11. The van der Waals surface area contributed by atoms with E-state index in [1.165, 1.54) is 5.56 Å². The Morgan fingerprint density at radius 3 is 2.58 bits per heavy atom. The molecule has 0 aliphatic heterocycles. The molecule has 3 aromatic carbocycles. The second-order valence-electron chi connectivity index (χ2n) is 8.06. The van der Waals surface area contributed by atoms with Gasteiger partial charge >= 0.3 is 0 Å². The van der Waals surface area contributed by atoms with Crippen LogP contribution in [-0.4, -0.2) is 17.0 Å². The molecule has 0 aliphatic rings. The molecule has 0 saturated carbocycles. The van der Waals surface area contributed by atoms with Crippen molar-refractivity contribution in [2.75, 3.05) is 5.32 Å². The van der Waals surface area contributed by atoms with Gasteiger partial charge in [0.2, 0.25) is 0 Å². The summed E-state index contributed by atoms with van der Waals surface area (Å²) in [5.41, 5.74) is 6.34. The zero-order chi connectivity index (χ0) is 22.0. The molecule has 4 rings (SSSR count). The van der Waals surface area contributed by atoms with Crippen molar-refractivity contribution in [3.8, 4) is 5.75 Å². The topological polar surface area (TPSA) is 64.4 Å². The fourth-order valence-electron chi connectivity index (χ4n) is 3.56. The van der Waals surface area contributed by atoms with E-state index >= 15 is 0 Å². The van der Waals surface area contributed by atoms with Gasteiger partial charge in [-0.2, -0.15) is 0 Å². The van der Waals surface area contributed by atoms with Crippen LogP contribution in [0.1, 0.15) is 46.8 Å². The van der Waals surface area contributed by atoms with Crippen molar-refractivity contribution >= 4 is 22.7 Å². The quantitative estimate of drug-likeness (QED) is 0.416. The third kappa shape index (κ3) is 4.94. The summed E-state index contributed by atoms with van der Waals surface area (Å²) in [7, 11) is 0. The highest BCUT2D eigenvalue weighted by atomic mass is 16.5. The molecule has 0 aliphatic carbocycles. The van der Waals surface area contributed by atoms with Gasteiger partial charge in [-0.05, 0) is 80.8 Å². The number of carbonyl (C=O) groups is 1. The summed E-state index contributed by atoms with van der Waals surface area (Å²) in [6.45, 7) is 8.00. The fourth-order valence-corrected chi connectivity index (χ4v) is 3.56. The monoisotopic (exact) mass is 414 g/mol. The van der Waals surface area contributed by atoms with Crippen LogP contribution in [0.4, 0.5) is 5.69 Å². The van der Waals surface area contributed by atoms with Crippen molar-refractivity contribution in [3.05, 3.63) is 88.8 Å². The van der Waals surface area contributed by atoms with E-state index in [0.29, 0.717) is 23.6 Å². The van der Waals surface area contributed by atoms with Gasteiger partial charge in [-0.1, -0.05) is 24.3 Å². The highest BCUT2D eigenvalue weighted by Crippen LogP contribution is 2.23. The van der Waals surface area contributed by atoms with Crippen LogP contribution in [-0.2, 0) is 6.42 Å². The van der Waals surface area contributed by atoms with Gasteiger partial charge < -0.3 is 14.5 Å². The maximum absolute atomic E-state index is 12.6. The van der Waals surface area contributed by atoms with Gasteiger partial charge in [0.05, 0.1) is 6.10 Å². The number of aryl methyl sites for hydroxylation is 2. The number of oxazole rings is 1. The summed E-state index contributed by atoms with van der Waals surface area (Å²) >= 11 is 0. The first kappa shape index (κ1) is 20.7. The normalized spacial score (nSPS) is 11.1. The van der Waals surface area contributed by atoms with Crippen molar-refractivity contribution in [3.63, 3.8) is 0 Å². The van der Waals surface area contributed by atoms with Gasteiger partial charge in [-0.3, -0.25) is 4.79 Å². The van der Waals surface area contributed by atoms with E-state index in [0.717, 1.165) is 27.9 Å². The number of rotatable bonds is 6. The summed E-state index contributed by atoms with van der Waals surface area (Å²) in [6, 6.07) is 19.0. The highest BCUT2D eigenvalue weighted by molar-refractivity contribution is 6.04. The lowest BCUT2D eigenvalue weighted by Crippen LogP contribution is -2.12. The molecule has 31 heavy (non-hydrogen) atoms. The first-order valence-corrected chi connectivity index (χ1v) is 10.4. The molecule has 5 nitrogen and oxygen atoms in total. The van der Waals surface area contributed by atoms with Crippen LogP contribution in [0.3, 0.4) is 0 Å². The van der Waals surface area contributed by atoms with Crippen LogP contribution in [0.5, 0.6) is 5.75 Å². The number of carbonyl (C=O) groups excluding carboxylic acids is 1. The predicted octanol–water partition coefficient (Wildman–Crippen LogP) is 6.07. The molecule has 0 fully saturated rings. The largest absolute Gasteiger partial charge is 0.491 e. The average Bonchev–Trinajstić information content (AvgIpc) is 3.12. The zero-order valence-electron chi connectivity index (χ0n) is 18.2. The van der Waals surface area contributed by atoms with Gasteiger partial charge in [0.1, 0.15) is 11.3 Å². The van der Waals surface area contributed by atoms with E-state index in [2.05, 4.69) is 23.3 Å². The number of ether oxygens (including phenoxy) is 1. The third-order valence-corrected chi connectivity index (χ3v) is 4.90. The van der Waals surface area contributed by atoms with Crippen LogP contribution in [0.2, 0.25) is 0 Å². The van der Waals surface area contributed by atoms with Crippen molar-refractivity contribution in [2.45, 2.75) is 40.2 Å². The molecule has 1 amide bonds. The van der Waals surface area contributed by atoms with E-state index in [9.17, 15) is 4.79 Å². The molecule has 0 bridgehead atoms. The lowest BCUT2D eigenvalue weighted by molar-refractivity contribution is 0.102. The lowest BCUT2D eigenvalue weighted by Gasteiger charge is -2.11. The minimum Gasteiger partial charge on any atom is -0.491 e. The molecule has 1 heterocycles. The van der Waals surface area contributed by atoms with Crippen molar-refractivity contribution in [1.29, 1.82) is 0 Å². The second kappa shape index (κ2) is 8.64. The van der Waals surface area contributed by atoms with Gasteiger partial charge in [-0.25, -0.2) is 4.98 Å². The van der Waals surface area contributed by atoms with Gasteiger partial charge in [0, 0.05) is 17.7 Å². The molecule has 0 spiro atoms. The fraction of sp³-hybridized carbons (Fsp3) is 0.231. The van der Waals surface area contributed by atoms with Crippen LogP contribution in [0.25, 0.3) is 11.1 Å². The minimum atomic E-state index is -0.174. The Morgan fingerprint density at radius 1 is 1.06 bits per heavy atom. The van der Waals surface area contributed by atoms with Gasteiger partial charge in [0.15, 0.2) is 11.5 Å². The Bertz CT molecular complexity index is 1220. The molecule has 5 heteroatoms. The molecule has 0 radical (unpaired) electrons. The average molecular weight is 415 g/mol. The molecule has 4 aromatic rings. The number of aromatic nitrogens is 1. The smallest absolute Gasteiger partial charge is 0.255 e. The minimum absolute atomic E-state index is 0.0556. The molecule has 0 unspecified atom stereocenters. The predicted molar refractivity (Wildman–Crippen MR) is 123 cm³/mol. The first-order valence-electron chi connectivity index (χ1n) is 10.4. The summed E-state index contributed by atoms with van der Waals surface area (Å²) in [5, 5.41) is 2.93. The molecule has 158 valence electrons. The van der Waals surface area contributed by atoms with E-state index in [1.54, 1.807) is 12.1 Å². The molecular weight excluding hydrogens is 388 g/mol. The SMILES string of the molecule is Cc1cc(C)c2oc(Cc3ccc(NC(=O)c4cccc(OC(C)C)c4)cc3)nc2c1. The Labute approximate surface area is 182 Å². The molecule has 1 N–H and O–H groups in total. The Balaban J connectivity index is 1.44. The first-order chi connectivity index (χ1) is 14.9. The molecular formula is C26H26N2O3. The number of hydrogen-bond donors (Lipinski definition) is 1. The number of fused-ring (bicyclic) bond motifs is 1. The standard InChI is InChI=1S/C26H26N2O3/c1-16(2)30-22-7-5-6-20(15-22)26(29)27-21-10-8-19(9-11-21)14-24-28-23-13-17(3)12-18(4)25(23)31-24/h5-13,15-16H,14H2,1-4H3,(H,27,29). The second-order valence-corrected chi connectivity index (χ2v) is 8.06. The summed E-state index contributed by atoms with van der Waals surface area (Å²) < 4.78 is 11.6. The van der Waals surface area contributed by atoms with Crippen molar-refractivity contribution < 1.29 is 13.9 Å². The molecule has 0 atom stereocenters. The summed E-state index contributed by atoms with van der Waals surface area (Å²) in [6.07, 6.45) is 0.649. The maximum Gasteiger partial charge on any atom is 0.255 e. The summed E-state index contributed by atoms with van der Waals surface area (Å²) in [5.74, 6) is 1.19. The Kier molecular flexibility index (Phi) is 5.76. The van der Waals surface area contributed by atoms with Gasteiger partial charge in [-0.15, -0.1) is 0 Å². The Morgan fingerprint density at radius 2 is 1.84 bits per heavy atom. The van der Waals surface area contributed by atoms with Crippen molar-refractivity contribution in [2.24, 2.45) is 0 Å². The van der Waals surface area contributed by atoms with Gasteiger partial charge in [0.25, 0.3) is 5.91 Å². The van der Waals surface area contributed by atoms with Crippen LogP contribution in [0.15, 0.2) is 65.1 Å². The molecule has 0 saturated heterocycles. The van der Waals surface area contributed by atoms with E-state index in [4.69, 9.17) is 9.15 Å². The number of benzene rings is 3. The number of anilines is 1. The van der Waals surface area contributed by atoms with E-state index < -0.39 is 0 Å². The third-order valence-electron chi connectivity index (χ3n) is 4.90. The van der Waals surface area contributed by atoms with Crippen LogP contribution in [0, 0.1) is 13.8 Å². The van der Waals surface area contributed by atoms with Crippen LogP contribution >= 0.6 is 0 Å². The maximum atomic E-state index is 12.6. The van der Waals surface area contributed by atoms with Crippen LogP contribution < -0.4 is 10.1 Å². The van der Waals surface area contributed by atoms with E-state index in [1.807, 2.05) is 63.2 Å². The number of nitrogens with zero attached hydrogens (tertiary/aromatic N) is 1. The zero-order valence-corrected chi connectivity index (χ0v) is 18.2.